The molecule has 0 aliphatic carbocycles. The molecule has 0 heterocycles. The van der Waals surface area contributed by atoms with Crippen LogP contribution in [-0.2, 0) is 4.74 Å². The minimum absolute atomic E-state index is 0.00740. The Morgan fingerprint density at radius 3 is 1.81 bits per heavy atom. The number of halogens is 4. The van der Waals surface area contributed by atoms with Gasteiger partial charge in [0, 0.05) is 19.3 Å². The SMILES string of the molecule is COCCCCCCOc1ccc(-c2ccc(-c3cc(F)c(F)c(F)c3)c(F)c2)cc1. The topological polar surface area (TPSA) is 18.5 Å². The Balaban J connectivity index is 1.62. The molecule has 0 saturated carbocycles. The van der Waals surface area contributed by atoms with Gasteiger partial charge in [0.15, 0.2) is 17.5 Å². The van der Waals surface area contributed by atoms with Gasteiger partial charge >= 0.3 is 0 Å². The van der Waals surface area contributed by atoms with Crippen LogP contribution in [0.5, 0.6) is 5.75 Å². The van der Waals surface area contributed by atoms with Crippen molar-refractivity contribution in [1.82, 2.24) is 0 Å². The normalized spacial score (nSPS) is 11.0. The van der Waals surface area contributed by atoms with E-state index >= 15 is 0 Å². The molecule has 0 radical (unpaired) electrons. The van der Waals surface area contributed by atoms with Gasteiger partial charge in [-0.1, -0.05) is 30.7 Å². The quantitative estimate of drug-likeness (QED) is 0.192. The van der Waals surface area contributed by atoms with E-state index in [1.807, 2.05) is 24.3 Å². The standard InChI is InChI=1S/C25H24F4O2/c1-30-12-4-2-3-5-13-31-20-9-6-17(7-10-20)18-8-11-21(22(26)14-18)19-15-23(27)25(29)24(28)16-19/h6-11,14-16H,2-5,12-13H2,1H3. The molecule has 0 bridgehead atoms. The van der Waals surface area contributed by atoms with Gasteiger partial charge < -0.3 is 9.47 Å². The summed E-state index contributed by atoms with van der Waals surface area (Å²) in [5, 5.41) is 0. The third-order valence-electron chi connectivity index (χ3n) is 4.96. The fraction of sp³-hybridized carbons (Fsp3) is 0.280. The van der Waals surface area contributed by atoms with Crippen molar-refractivity contribution < 1.29 is 27.0 Å². The average Bonchev–Trinajstić information content (AvgIpc) is 2.77. The van der Waals surface area contributed by atoms with Crippen molar-refractivity contribution in [2.24, 2.45) is 0 Å². The lowest BCUT2D eigenvalue weighted by molar-refractivity contribution is 0.191. The Hall–Kier alpha value is -2.86. The number of unbranched alkanes of at least 4 members (excludes halogenated alkanes) is 3. The highest BCUT2D eigenvalue weighted by molar-refractivity contribution is 5.71. The summed E-state index contributed by atoms with van der Waals surface area (Å²) < 4.78 is 65.4. The highest BCUT2D eigenvalue weighted by Gasteiger charge is 2.14. The second-order valence-corrected chi connectivity index (χ2v) is 7.23. The van der Waals surface area contributed by atoms with Crippen molar-refractivity contribution in [1.29, 1.82) is 0 Å². The Kier molecular flexibility index (Phi) is 8.06. The van der Waals surface area contributed by atoms with Crippen LogP contribution in [-0.4, -0.2) is 20.3 Å². The first kappa shape index (κ1) is 22.8. The molecule has 0 unspecified atom stereocenters. The first-order valence-electron chi connectivity index (χ1n) is 10.2. The van der Waals surface area contributed by atoms with E-state index in [4.69, 9.17) is 9.47 Å². The van der Waals surface area contributed by atoms with E-state index in [9.17, 15) is 17.6 Å². The monoisotopic (exact) mass is 432 g/mol. The summed E-state index contributed by atoms with van der Waals surface area (Å²) in [4.78, 5) is 0. The van der Waals surface area contributed by atoms with Gasteiger partial charge in [0.2, 0.25) is 0 Å². The fourth-order valence-electron chi connectivity index (χ4n) is 3.28. The molecule has 0 amide bonds. The molecule has 0 saturated heterocycles. The van der Waals surface area contributed by atoms with Gasteiger partial charge in [-0.3, -0.25) is 0 Å². The zero-order valence-corrected chi connectivity index (χ0v) is 17.3. The Morgan fingerprint density at radius 2 is 1.19 bits per heavy atom. The molecule has 0 aromatic heterocycles. The van der Waals surface area contributed by atoms with Crippen LogP contribution in [0, 0.1) is 23.3 Å². The van der Waals surface area contributed by atoms with Gasteiger partial charge in [-0.25, -0.2) is 17.6 Å². The van der Waals surface area contributed by atoms with Crippen molar-refractivity contribution in [3.63, 3.8) is 0 Å². The number of hydrogen-bond acceptors (Lipinski definition) is 2. The summed E-state index contributed by atoms with van der Waals surface area (Å²) >= 11 is 0. The van der Waals surface area contributed by atoms with E-state index < -0.39 is 23.3 Å². The Bertz CT molecular complexity index is 980. The van der Waals surface area contributed by atoms with Gasteiger partial charge in [0.05, 0.1) is 6.61 Å². The second-order valence-electron chi connectivity index (χ2n) is 7.23. The number of benzene rings is 3. The van der Waals surface area contributed by atoms with Crippen LogP contribution in [0.3, 0.4) is 0 Å². The molecule has 164 valence electrons. The summed E-state index contributed by atoms with van der Waals surface area (Å²) in [5.41, 5.74) is 1.31. The molecular weight excluding hydrogens is 408 g/mol. The van der Waals surface area contributed by atoms with Crippen LogP contribution in [0.1, 0.15) is 25.7 Å². The molecule has 3 rings (SSSR count). The molecule has 3 aromatic rings. The van der Waals surface area contributed by atoms with E-state index in [-0.39, 0.29) is 11.1 Å². The van der Waals surface area contributed by atoms with Crippen LogP contribution in [0.15, 0.2) is 54.6 Å². The van der Waals surface area contributed by atoms with Crippen LogP contribution >= 0.6 is 0 Å². The zero-order chi connectivity index (χ0) is 22.2. The molecule has 0 N–H and O–H groups in total. The molecule has 3 aromatic carbocycles. The molecule has 0 aliphatic heterocycles. The molecule has 0 spiro atoms. The maximum atomic E-state index is 14.6. The number of methoxy groups -OCH3 is 1. The van der Waals surface area contributed by atoms with Gasteiger partial charge in [-0.15, -0.1) is 0 Å². The first-order chi connectivity index (χ1) is 15.0. The molecule has 0 aliphatic rings. The maximum absolute atomic E-state index is 14.6. The van der Waals surface area contributed by atoms with Gasteiger partial charge in [-0.05, 0) is 66.3 Å². The molecule has 31 heavy (non-hydrogen) atoms. The summed E-state index contributed by atoms with van der Waals surface area (Å²) in [6.07, 6.45) is 4.19. The minimum atomic E-state index is -1.57. The van der Waals surface area contributed by atoms with Crippen molar-refractivity contribution in [2.45, 2.75) is 25.7 Å². The van der Waals surface area contributed by atoms with Gasteiger partial charge in [-0.2, -0.15) is 0 Å². The second kappa shape index (κ2) is 11.0. The Labute approximate surface area is 179 Å². The van der Waals surface area contributed by atoms with E-state index in [0.717, 1.165) is 55.7 Å². The van der Waals surface area contributed by atoms with Gasteiger partial charge in [0.1, 0.15) is 11.6 Å². The van der Waals surface area contributed by atoms with Crippen LogP contribution < -0.4 is 4.74 Å². The van der Waals surface area contributed by atoms with Crippen molar-refractivity contribution >= 4 is 0 Å². The molecule has 2 nitrogen and oxygen atoms in total. The van der Waals surface area contributed by atoms with Crippen LogP contribution in [0.25, 0.3) is 22.3 Å². The van der Waals surface area contributed by atoms with E-state index in [1.54, 1.807) is 13.2 Å². The number of hydrogen-bond donors (Lipinski definition) is 0. The van der Waals surface area contributed by atoms with E-state index in [2.05, 4.69) is 0 Å². The minimum Gasteiger partial charge on any atom is -0.494 e. The Morgan fingerprint density at radius 1 is 0.613 bits per heavy atom. The molecule has 0 atom stereocenters. The lowest BCUT2D eigenvalue weighted by atomic mass is 9.99. The largest absolute Gasteiger partial charge is 0.494 e. The fourth-order valence-corrected chi connectivity index (χ4v) is 3.28. The third-order valence-corrected chi connectivity index (χ3v) is 4.96. The highest BCUT2D eigenvalue weighted by Crippen LogP contribution is 2.30. The lowest BCUT2D eigenvalue weighted by Gasteiger charge is -2.10. The molecule has 6 heteroatoms. The third kappa shape index (κ3) is 6.07. The first-order valence-corrected chi connectivity index (χ1v) is 10.2. The smallest absolute Gasteiger partial charge is 0.194 e. The van der Waals surface area contributed by atoms with Gasteiger partial charge in [0.25, 0.3) is 0 Å². The maximum Gasteiger partial charge on any atom is 0.194 e. The average molecular weight is 432 g/mol. The number of rotatable bonds is 10. The van der Waals surface area contributed by atoms with Crippen molar-refractivity contribution in [3.05, 3.63) is 77.9 Å². The molecular formula is C25H24F4O2. The predicted molar refractivity (Wildman–Crippen MR) is 113 cm³/mol. The van der Waals surface area contributed by atoms with E-state index in [0.29, 0.717) is 12.2 Å². The zero-order valence-electron chi connectivity index (χ0n) is 17.3. The van der Waals surface area contributed by atoms with E-state index in [1.165, 1.54) is 12.1 Å². The summed E-state index contributed by atoms with van der Waals surface area (Å²) in [7, 11) is 1.70. The lowest BCUT2D eigenvalue weighted by Crippen LogP contribution is -1.98. The van der Waals surface area contributed by atoms with Crippen molar-refractivity contribution in [3.8, 4) is 28.0 Å². The number of ether oxygens (including phenoxy) is 2. The summed E-state index contributed by atoms with van der Waals surface area (Å²) in [6.45, 7) is 1.40. The predicted octanol–water partition coefficient (Wildman–Crippen LogP) is 7.16. The van der Waals surface area contributed by atoms with Crippen LogP contribution in [0.4, 0.5) is 17.6 Å². The summed E-state index contributed by atoms with van der Waals surface area (Å²) in [6, 6.07) is 13.2. The highest BCUT2D eigenvalue weighted by atomic mass is 19.2. The summed E-state index contributed by atoms with van der Waals surface area (Å²) in [5.74, 6) is -4.21. The van der Waals surface area contributed by atoms with Crippen LogP contribution in [0.2, 0.25) is 0 Å². The molecule has 0 fully saturated rings. The van der Waals surface area contributed by atoms with Crippen molar-refractivity contribution in [2.75, 3.05) is 20.3 Å².